The van der Waals surface area contributed by atoms with E-state index in [0.29, 0.717) is 37.9 Å². The number of carbonyl (C=O) groups is 1. The largest absolute Gasteiger partial charge is 0.586 e. The van der Waals surface area contributed by atoms with Gasteiger partial charge in [0.25, 0.3) is 0 Å². The van der Waals surface area contributed by atoms with Crippen molar-refractivity contribution in [2.45, 2.75) is 56.1 Å². The number of carbonyl (C=O) groups excluding carboxylic acids is 1. The normalized spacial score (nSPS) is 25.1. The molecular weight excluding hydrogens is 408 g/mol. The molecule has 0 spiro atoms. The van der Waals surface area contributed by atoms with E-state index in [1.807, 2.05) is 24.3 Å². The highest BCUT2D eigenvalue weighted by molar-refractivity contribution is 5.91. The van der Waals surface area contributed by atoms with Crippen molar-refractivity contribution >= 4 is 5.91 Å². The fraction of sp³-hybridized carbons (Fsp3) is 0.435. The van der Waals surface area contributed by atoms with Gasteiger partial charge < -0.3 is 24.6 Å². The minimum absolute atomic E-state index is 0.0256. The number of alkyl halides is 2. The number of nitrogens with one attached hydrogen (secondary N) is 1. The maximum atomic E-state index is 13.3. The number of fused-ring (bicyclic) bond motifs is 1. The molecule has 2 fully saturated rings. The number of amides is 1. The Kier molecular flexibility index (Phi) is 4.86. The van der Waals surface area contributed by atoms with Crippen LogP contribution in [0.1, 0.15) is 48.5 Å². The standard InChI is InChI=1S/C23H23F2NO5/c24-23(25)30-18-5-4-16(11-20(18)31-23)22(7-8-22)21(28)26-17-6-9-29-19(12-17)15-3-1-2-14(10-15)13-27/h1-5,10-11,17,19,27H,6-9,12-13H2,(H,26,28)/t17-,19+/m0/s1. The number of rotatable bonds is 5. The van der Waals surface area contributed by atoms with Crippen LogP contribution < -0.4 is 14.8 Å². The summed E-state index contributed by atoms with van der Waals surface area (Å²) in [5.41, 5.74) is 1.73. The van der Waals surface area contributed by atoms with Crippen molar-refractivity contribution in [3.8, 4) is 11.5 Å². The fourth-order valence-electron chi connectivity index (χ4n) is 4.39. The molecule has 5 rings (SSSR count). The Hall–Kier alpha value is -2.71. The summed E-state index contributed by atoms with van der Waals surface area (Å²) < 4.78 is 41.5. The number of ether oxygens (including phenoxy) is 3. The summed E-state index contributed by atoms with van der Waals surface area (Å²) in [5, 5.41) is 12.5. The van der Waals surface area contributed by atoms with E-state index in [1.54, 1.807) is 6.07 Å². The molecular formula is C23H23F2NO5. The monoisotopic (exact) mass is 431 g/mol. The number of benzene rings is 2. The molecule has 0 radical (unpaired) electrons. The number of aliphatic hydroxyl groups is 1. The van der Waals surface area contributed by atoms with Crippen LogP contribution in [0.2, 0.25) is 0 Å². The maximum absolute atomic E-state index is 13.3. The van der Waals surface area contributed by atoms with Gasteiger partial charge in [-0.2, -0.15) is 0 Å². The molecule has 1 amide bonds. The van der Waals surface area contributed by atoms with E-state index in [9.17, 15) is 18.7 Å². The molecule has 2 heterocycles. The summed E-state index contributed by atoms with van der Waals surface area (Å²) in [7, 11) is 0. The van der Waals surface area contributed by atoms with Crippen molar-refractivity contribution in [2.24, 2.45) is 0 Å². The van der Waals surface area contributed by atoms with Gasteiger partial charge in [-0.25, -0.2) is 0 Å². The third-order valence-electron chi connectivity index (χ3n) is 6.26. The van der Waals surface area contributed by atoms with Crippen molar-refractivity contribution in [3.05, 3.63) is 59.2 Å². The number of hydrogen-bond donors (Lipinski definition) is 2. The molecule has 0 bridgehead atoms. The molecule has 1 saturated heterocycles. The van der Waals surface area contributed by atoms with E-state index in [1.165, 1.54) is 12.1 Å². The predicted octanol–water partition coefficient (Wildman–Crippen LogP) is 3.57. The molecule has 1 saturated carbocycles. The zero-order valence-corrected chi connectivity index (χ0v) is 16.8. The second kappa shape index (κ2) is 7.46. The first-order valence-electron chi connectivity index (χ1n) is 10.4. The maximum Gasteiger partial charge on any atom is 0.586 e. The van der Waals surface area contributed by atoms with Crippen LogP contribution in [0.3, 0.4) is 0 Å². The first kappa shape index (κ1) is 20.2. The van der Waals surface area contributed by atoms with E-state index in [4.69, 9.17) is 4.74 Å². The van der Waals surface area contributed by atoms with Crippen molar-refractivity contribution in [2.75, 3.05) is 6.61 Å². The zero-order valence-electron chi connectivity index (χ0n) is 16.8. The Morgan fingerprint density at radius 2 is 1.94 bits per heavy atom. The summed E-state index contributed by atoms with van der Waals surface area (Å²) >= 11 is 0. The molecule has 31 heavy (non-hydrogen) atoms. The molecule has 0 unspecified atom stereocenters. The number of hydrogen-bond acceptors (Lipinski definition) is 5. The summed E-state index contributed by atoms with van der Waals surface area (Å²) in [4.78, 5) is 13.2. The average molecular weight is 431 g/mol. The third-order valence-corrected chi connectivity index (χ3v) is 6.26. The predicted molar refractivity (Wildman–Crippen MR) is 106 cm³/mol. The van der Waals surface area contributed by atoms with Gasteiger partial charge in [-0.05, 0) is 54.5 Å². The molecule has 8 heteroatoms. The summed E-state index contributed by atoms with van der Waals surface area (Å²) in [6.07, 6.45) is -1.20. The average Bonchev–Trinajstić information content (AvgIpc) is 3.51. The van der Waals surface area contributed by atoms with E-state index in [2.05, 4.69) is 14.8 Å². The molecule has 164 valence electrons. The number of aliphatic hydroxyl groups excluding tert-OH is 1. The lowest BCUT2D eigenvalue weighted by molar-refractivity contribution is -0.286. The van der Waals surface area contributed by atoms with Gasteiger partial charge in [0.1, 0.15) is 0 Å². The van der Waals surface area contributed by atoms with Crippen LogP contribution in [-0.4, -0.2) is 30.0 Å². The minimum atomic E-state index is -3.68. The van der Waals surface area contributed by atoms with Crippen LogP contribution in [0, 0.1) is 0 Å². The van der Waals surface area contributed by atoms with E-state index in [0.717, 1.165) is 11.1 Å². The van der Waals surface area contributed by atoms with Crippen molar-refractivity contribution in [1.29, 1.82) is 0 Å². The van der Waals surface area contributed by atoms with E-state index in [-0.39, 0.29) is 36.2 Å². The van der Waals surface area contributed by atoms with Crippen LogP contribution in [0.15, 0.2) is 42.5 Å². The second-order valence-corrected chi connectivity index (χ2v) is 8.37. The third kappa shape index (κ3) is 3.85. The molecule has 0 aromatic heterocycles. The Bertz CT molecular complexity index is 1010. The van der Waals surface area contributed by atoms with Gasteiger partial charge in [0.15, 0.2) is 11.5 Å². The first-order valence-corrected chi connectivity index (χ1v) is 10.4. The van der Waals surface area contributed by atoms with Gasteiger partial charge in [-0.1, -0.05) is 30.3 Å². The van der Waals surface area contributed by atoms with Crippen LogP contribution in [-0.2, 0) is 21.6 Å². The lowest BCUT2D eigenvalue weighted by Gasteiger charge is -2.31. The zero-order chi connectivity index (χ0) is 21.6. The quantitative estimate of drug-likeness (QED) is 0.757. The molecule has 2 aromatic carbocycles. The highest BCUT2D eigenvalue weighted by Gasteiger charge is 2.53. The van der Waals surface area contributed by atoms with Gasteiger partial charge in [-0.3, -0.25) is 4.79 Å². The summed E-state index contributed by atoms with van der Waals surface area (Å²) in [5.74, 6) is -0.174. The molecule has 2 aliphatic heterocycles. The van der Waals surface area contributed by atoms with Crippen LogP contribution in [0.25, 0.3) is 0 Å². The Morgan fingerprint density at radius 1 is 1.13 bits per heavy atom. The van der Waals surface area contributed by atoms with E-state index < -0.39 is 11.7 Å². The highest BCUT2D eigenvalue weighted by atomic mass is 19.3. The van der Waals surface area contributed by atoms with E-state index >= 15 is 0 Å². The Morgan fingerprint density at radius 3 is 2.71 bits per heavy atom. The van der Waals surface area contributed by atoms with Crippen LogP contribution in [0.4, 0.5) is 8.78 Å². The Balaban J connectivity index is 1.28. The van der Waals surface area contributed by atoms with Crippen molar-refractivity contribution < 1.29 is 32.9 Å². The van der Waals surface area contributed by atoms with Crippen LogP contribution in [0.5, 0.6) is 11.5 Å². The second-order valence-electron chi connectivity index (χ2n) is 8.37. The summed E-state index contributed by atoms with van der Waals surface area (Å²) in [6, 6.07) is 12.1. The van der Waals surface area contributed by atoms with Gasteiger partial charge >= 0.3 is 6.29 Å². The minimum Gasteiger partial charge on any atom is -0.395 e. The summed E-state index contributed by atoms with van der Waals surface area (Å²) in [6.45, 7) is 0.482. The molecule has 2 aromatic rings. The number of halogens is 2. The van der Waals surface area contributed by atoms with Gasteiger partial charge in [0.05, 0.1) is 18.1 Å². The molecule has 3 aliphatic rings. The molecule has 2 N–H and O–H groups in total. The molecule has 1 aliphatic carbocycles. The smallest absolute Gasteiger partial charge is 0.395 e. The highest BCUT2D eigenvalue weighted by Crippen LogP contribution is 2.52. The Labute approximate surface area is 178 Å². The SMILES string of the molecule is O=C(N[C@H]1CCO[C@@H](c2cccc(CO)c2)C1)C1(c2ccc3c(c2)OC(F)(F)O3)CC1. The van der Waals surface area contributed by atoms with Gasteiger partial charge in [0, 0.05) is 12.6 Å². The van der Waals surface area contributed by atoms with Gasteiger partial charge in [-0.15, -0.1) is 8.78 Å². The topological polar surface area (TPSA) is 77.0 Å². The lowest BCUT2D eigenvalue weighted by Crippen LogP contribution is -2.44. The van der Waals surface area contributed by atoms with Crippen LogP contribution >= 0.6 is 0 Å². The van der Waals surface area contributed by atoms with Crippen molar-refractivity contribution in [1.82, 2.24) is 5.32 Å². The molecule has 2 atom stereocenters. The fourth-order valence-corrected chi connectivity index (χ4v) is 4.39. The molecule has 6 nitrogen and oxygen atoms in total. The first-order chi connectivity index (χ1) is 14.9. The van der Waals surface area contributed by atoms with Gasteiger partial charge in [0.2, 0.25) is 5.91 Å². The van der Waals surface area contributed by atoms with Crippen molar-refractivity contribution in [3.63, 3.8) is 0 Å². The lowest BCUT2D eigenvalue weighted by atomic mass is 9.92.